The van der Waals surface area contributed by atoms with Gasteiger partial charge in [-0.1, -0.05) is 24.3 Å². The van der Waals surface area contributed by atoms with Crippen LogP contribution in [0.1, 0.15) is 26.3 Å². The number of thiazole rings is 1. The molecule has 2 N–H and O–H groups in total. The molecular formula is C20H14N2O3S2. The monoisotopic (exact) mass is 394 g/mol. The van der Waals surface area contributed by atoms with Crippen LogP contribution >= 0.6 is 22.7 Å². The summed E-state index contributed by atoms with van der Waals surface area (Å²) in [6.07, 6.45) is 0. The Kier molecular flexibility index (Phi) is 4.47. The molecule has 27 heavy (non-hydrogen) atoms. The Labute approximate surface area is 162 Å². The first kappa shape index (κ1) is 17.4. The number of benzene rings is 2. The number of fused-ring (bicyclic) bond motifs is 1. The van der Waals surface area contributed by atoms with Crippen LogP contribution in [0.4, 0.5) is 5.00 Å². The molecule has 0 atom stereocenters. The van der Waals surface area contributed by atoms with Crippen molar-refractivity contribution in [3.8, 4) is 10.6 Å². The maximum absolute atomic E-state index is 12.7. The van der Waals surface area contributed by atoms with Crippen molar-refractivity contribution in [1.82, 2.24) is 4.98 Å². The maximum atomic E-state index is 12.7. The van der Waals surface area contributed by atoms with Gasteiger partial charge in [-0.15, -0.1) is 22.7 Å². The molecule has 0 saturated carbocycles. The molecule has 0 fully saturated rings. The topological polar surface area (TPSA) is 79.3 Å². The number of carbonyl (C=O) groups is 2. The first-order valence-electron chi connectivity index (χ1n) is 8.12. The predicted molar refractivity (Wildman–Crippen MR) is 109 cm³/mol. The molecule has 0 bridgehead atoms. The zero-order valence-electron chi connectivity index (χ0n) is 14.2. The molecule has 2 aromatic heterocycles. The van der Waals surface area contributed by atoms with Crippen molar-refractivity contribution in [3.63, 3.8) is 0 Å². The van der Waals surface area contributed by atoms with Crippen molar-refractivity contribution in [2.24, 2.45) is 0 Å². The van der Waals surface area contributed by atoms with Crippen LogP contribution < -0.4 is 5.32 Å². The quantitative estimate of drug-likeness (QED) is 0.493. The summed E-state index contributed by atoms with van der Waals surface area (Å²) < 4.78 is 1.08. The second-order valence-electron chi connectivity index (χ2n) is 5.91. The maximum Gasteiger partial charge on any atom is 0.336 e. The minimum absolute atomic E-state index is 0.0233. The predicted octanol–water partition coefficient (Wildman–Crippen LogP) is 5.28. The standard InChI is InChI=1S/C20H14N2O3S2/c1-11-10-26-18(16(11)19-21-14-8-4-5-9-15(14)27-19)22-17(23)12-6-2-3-7-13(12)20(24)25/h2-10H,1H3,(H,22,23)(H,24,25). The Bertz CT molecular complexity index is 1140. The first-order valence-corrected chi connectivity index (χ1v) is 9.82. The summed E-state index contributed by atoms with van der Waals surface area (Å²) in [4.78, 5) is 28.8. The number of thiophene rings is 1. The second-order valence-corrected chi connectivity index (χ2v) is 7.82. The van der Waals surface area contributed by atoms with E-state index >= 15 is 0 Å². The van der Waals surface area contributed by atoms with E-state index in [1.807, 2.05) is 36.6 Å². The first-order chi connectivity index (χ1) is 13.0. The average Bonchev–Trinajstić information content (AvgIpc) is 3.24. The van der Waals surface area contributed by atoms with Crippen molar-refractivity contribution >= 4 is 49.8 Å². The number of carboxylic acid groups (broad SMARTS) is 1. The Morgan fingerprint density at radius 2 is 1.74 bits per heavy atom. The molecule has 5 nitrogen and oxygen atoms in total. The highest BCUT2D eigenvalue weighted by molar-refractivity contribution is 7.22. The Morgan fingerprint density at radius 3 is 2.48 bits per heavy atom. The summed E-state index contributed by atoms with van der Waals surface area (Å²) in [5.41, 5.74) is 2.91. The molecule has 0 aliphatic heterocycles. The molecule has 0 unspecified atom stereocenters. The molecule has 4 rings (SSSR count). The van der Waals surface area contributed by atoms with Crippen molar-refractivity contribution in [2.75, 3.05) is 5.32 Å². The molecule has 134 valence electrons. The van der Waals surface area contributed by atoms with E-state index in [0.717, 1.165) is 26.4 Å². The number of aryl methyl sites for hydroxylation is 1. The summed E-state index contributed by atoms with van der Waals surface area (Å²) in [6, 6.07) is 14.1. The lowest BCUT2D eigenvalue weighted by atomic mass is 10.1. The fraction of sp³-hybridized carbons (Fsp3) is 0.0500. The number of nitrogens with one attached hydrogen (secondary N) is 1. The molecule has 7 heteroatoms. The lowest BCUT2D eigenvalue weighted by Crippen LogP contribution is -2.16. The molecule has 0 saturated heterocycles. The minimum atomic E-state index is -1.13. The number of rotatable bonds is 4. The number of amides is 1. The number of aromatic carboxylic acids is 1. The van der Waals surface area contributed by atoms with Gasteiger partial charge < -0.3 is 10.4 Å². The number of carboxylic acids is 1. The average molecular weight is 394 g/mol. The zero-order valence-corrected chi connectivity index (χ0v) is 15.9. The Hall–Kier alpha value is -3.03. The second kappa shape index (κ2) is 6.94. The molecular weight excluding hydrogens is 380 g/mol. The van der Waals surface area contributed by atoms with Gasteiger partial charge >= 0.3 is 5.97 Å². The Balaban J connectivity index is 1.72. The van der Waals surface area contributed by atoms with Gasteiger partial charge in [-0.05, 0) is 42.1 Å². The zero-order chi connectivity index (χ0) is 19.0. The molecule has 2 heterocycles. The van der Waals surface area contributed by atoms with E-state index < -0.39 is 11.9 Å². The van der Waals surface area contributed by atoms with Gasteiger partial charge in [0.05, 0.1) is 21.3 Å². The van der Waals surface area contributed by atoms with Gasteiger partial charge in [0.15, 0.2) is 0 Å². The van der Waals surface area contributed by atoms with Crippen molar-refractivity contribution < 1.29 is 14.7 Å². The summed E-state index contributed by atoms with van der Waals surface area (Å²) in [7, 11) is 0. The number of hydrogen-bond acceptors (Lipinski definition) is 5. The van der Waals surface area contributed by atoms with Crippen LogP contribution in [0.5, 0.6) is 0 Å². The van der Waals surface area contributed by atoms with Crippen LogP contribution in [-0.4, -0.2) is 22.0 Å². The van der Waals surface area contributed by atoms with E-state index in [4.69, 9.17) is 0 Å². The normalized spacial score (nSPS) is 10.9. The van der Waals surface area contributed by atoms with E-state index in [-0.39, 0.29) is 11.1 Å². The highest BCUT2D eigenvalue weighted by Crippen LogP contribution is 2.40. The third-order valence-electron chi connectivity index (χ3n) is 4.11. The van der Waals surface area contributed by atoms with Crippen LogP contribution in [-0.2, 0) is 0 Å². The van der Waals surface area contributed by atoms with Crippen molar-refractivity contribution in [1.29, 1.82) is 0 Å². The molecule has 0 radical (unpaired) electrons. The molecule has 0 spiro atoms. The van der Waals surface area contributed by atoms with Gasteiger partial charge in [-0.3, -0.25) is 4.79 Å². The highest BCUT2D eigenvalue weighted by Gasteiger charge is 2.20. The minimum Gasteiger partial charge on any atom is -0.478 e. The number of anilines is 1. The molecule has 2 aromatic carbocycles. The third-order valence-corrected chi connectivity index (χ3v) is 6.18. The van der Waals surface area contributed by atoms with Gasteiger partial charge in [0, 0.05) is 5.56 Å². The van der Waals surface area contributed by atoms with E-state index in [0.29, 0.717) is 5.00 Å². The van der Waals surface area contributed by atoms with Gasteiger partial charge in [0.25, 0.3) is 5.91 Å². The SMILES string of the molecule is Cc1csc(NC(=O)c2ccccc2C(=O)O)c1-c1nc2ccccc2s1. The van der Waals surface area contributed by atoms with Gasteiger partial charge in [0.1, 0.15) is 10.0 Å². The van der Waals surface area contributed by atoms with Gasteiger partial charge in [-0.25, -0.2) is 9.78 Å². The molecule has 4 aromatic rings. The molecule has 0 aliphatic carbocycles. The summed E-state index contributed by atoms with van der Waals surface area (Å²) in [6.45, 7) is 1.97. The van der Waals surface area contributed by atoms with E-state index in [1.54, 1.807) is 23.5 Å². The fourth-order valence-electron chi connectivity index (χ4n) is 2.82. The van der Waals surface area contributed by atoms with E-state index in [1.165, 1.54) is 23.5 Å². The number of para-hydroxylation sites is 1. The highest BCUT2D eigenvalue weighted by atomic mass is 32.1. The molecule has 1 amide bonds. The summed E-state index contributed by atoms with van der Waals surface area (Å²) >= 11 is 2.97. The van der Waals surface area contributed by atoms with Crippen LogP contribution in [0.2, 0.25) is 0 Å². The third kappa shape index (κ3) is 3.22. The lowest BCUT2D eigenvalue weighted by Gasteiger charge is -2.08. The number of aromatic nitrogens is 1. The number of carbonyl (C=O) groups excluding carboxylic acids is 1. The number of hydrogen-bond donors (Lipinski definition) is 2. The summed E-state index contributed by atoms with van der Waals surface area (Å²) in [5, 5.41) is 15.6. The Morgan fingerprint density at radius 1 is 1.04 bits per heavy atom. The van der Waals surface area contributed by atoms with Crippen molar-refractivity contribution in [2.45, 2.75) is 6.92 Å². The smallest absolute Gasteiger partial charge is 0.336 e. The van der Waals surface area contributed by atoms with Crippen molar-refractivity contribution in [3.05, 3.63) is 70.6 Å². The largest absolute Gasteiger partial charge is 0.478 e. The lowest BCUT2D eigenvalue weighted by molar-refractivity contribution is 0.0692. The summed E-state index contributed by atoms with van der Waals surface area (Å²) in [5.74, 6) is -1.58. The fourth-order valence-corrected chi connectivity index (χ4v) is 4.91. The molecule has 0 aliphatic rings. The van der Waals surface area contributed by atoms with Gasteiger partial charge in [0.2, 0.25) is 0 Å². The van der Waals surface area contributed by atoms with Crippen LogP contribution in [0.25, 0.3) is 20.8 Å². The van der Waals surface area contributed by atoms with Gasteiger partial charge in [-0.2, -0.15) is 0 Å². The van der Waals surface area contributed by atoms with Crippen LogP contribution in [0.15, 0.2) is 53.9 Å². The van der Waals surface area contributed by atoms with E-state index in [9.17, 15) is 14.7 Å². The van der Waals surface area contributed by atoms with Crippen LogP contribution in [0.3, 0.4) is 0 Å². The number of nitrogens with zero attached hydrogens (tertiary/aromatic N) is 1. The van der Waals surface area contributed by atoms with E-state index in [2.05, 4.69) is 10.3 Å². The van der Waals surface area contributed by atoms with Crippen LogP contribution in [0, 0.1) is 6.92 Å².